The highest BCUT2D eigenvalue weighted by molar-refractivity contribution is 5.97. The summed E-state index contributed by atoms with van der Waals surface area (Å²) in [4.78, 5) is 14.6. The van der Waals surface area contributed by atoms with Gasteiger partial charge in [0, 0.05) is 26.2 Å². The van der Waals surface area contributed by atoms with E-state index in [9.17, 15) is 4.79 Å². The molecule has 2 heterocycles. The van der Waals surface area contributed by atoms with E-state index in [0.29, 0.717) is 36.8 Å². The van der Waals surface area contributed by atoms with Crippen molar-refractivity contribution in [2.24, 2.45) is 0 Å². The molecular formula is C15H20N2O4. The summed E-state index contributed by atoms with van der Waals surface area (Å²) < 4.78 is 16.3. The van der Waals surface area contributed by atoms with Crippen molar-refractivity contribution in [1.82, 2.24) is 10.2 Å². The maximum atomic E-state index is 12.3. The fourth-order valence-electron chi connectivity index (χ4n) is 2.50. The van der Waals surface area contributed by atoms with Crippen LogP contribution in [-0.2, 0) is 4.74 Å². The van der Waals surface area contributed by atoms with Gasteiger partial charge in [-0.2, -0.15) is 0 Å². The van der Waals surface area contributed by atoms with Crippen LogP contribution in [0.1, 0.15) is 10.4 Å². The quantitative estimate of drug-likeness (QED) is 0.877. The molecule has 0 saturated carbocycles. The third-order valence-electron chi connectivity index (χ3n) is 3.63. The van der Waals surface area contributed by atoms with Crippen LogP contribution in [0, 0.1) is 0 Å². The predicted octanol–water partition coefficient (Wildman–Crippen LogP) is 0.520. The lowest BCUT2D eigenvalue weighted by atomic mass is 10.1. The molecule has 1 fully saturated rings. The zero-order valence-corrected chi connectivity index (χ0v) is 12.0. The normalized spacial score (nSPS) is 18.3. The monoisotopic (exact) mass is 292 g/mol. The molecule has 0 atom stereocenters. The summed E-state index contributed by atoms with van der Waals surface area (Å²) in [5, 5.41) is 2.94. The number of fused-ring (bicyclic) bond motifs is 1. The highest BCUT2D eigenvalue weighted by Gasteiger charge is 2.20. The van der Waals surface area contributed by atoms with E-state index in [1.807, 2.05) is 12.1 Å². The van der Waals surface area contributed by atoms with Gasteiger partial charge in [-0.3, -0.25) is 9.69 Å². The molecule has 6 nitrogen and oxygen atoms in total. The molecule has 21 heavy (non-hydrogen) atoms. The molecule has 114 valence electrons. The number of ether oxygens (including phenoxy) is 3. The van der Waals surface area contributed by atoms with Crippen LogP contribution in [-0.4, -0.2) is 63.4 Å². The predicted molar refractivity (Wildman–Crippen MR) is 77.0 cm³/mol. The van der Waals surface area contributed by atoms with Crippen molar-refractivity contribution < 1.29 is 19.0 Å². The SMILES string of the molecule is O=C(NCCN1CCOCC1)c1cccc2c1OCCO2. The summed E-state index contributed by atoms with van der Waals surface area (Å²) in [6.07, 6.45) is 0. The minimum Gasteiger partial charge on any atom is -0.486 e. The number of carbonyl (C=O) groups is 1. The van der Waals surface area contributed by atoms with Gasteiger partial charge in [0.25, 0.3) is 5.91 Å². The van der Waals surface area contributed by atoms with Crippen LogP contribution in [0.25, 0.3) is 0 Å². The van der Waals surface area contributed by atoms with Gasteiger partial charge >= 0.3 is 0 Å². The first-order valence-corrected chi connectivity index (χ1v) is 7.31. The molecule has 0 aromatic heterocycles. The van der Waals surface area contributed by atoms with E-state index in [-0.39, 0.29) is 5.91 Å². The maximum absolute atomic E-state index is 12.3. The van der Waals surface area contributed by atoms with Crippen LogP contribution in [0.15, 0.2) is 18.2 Å². The fourth-order valence-corrected chi connectivity index (χ4v) is 2.50. The summed E-state index contributed by atoms with van der Waals surface area (Å²) in [7, 11) is 0. The molecule has 1 amide bonds. The number of carbonyl (C=O) groups excluding carboxylic acids is 1. The van der Waals surface area contributed by atoms with Crippen molar-refractivity contribution in [3.8, 4) is 11.5 Å². The third kappa shape index (κ3) is 3.46. The second-order valence-electron chi connectivity index (χ2n) is 5.04. The van der Waals surface area contributed by atoms with E-state index in [1.54, 1.807) is 6.07 Å². The molecule has 2 aliphatic heterocycles. The lowest BCUT2D eigenvalue weighted by molar-refractivity contribution is 0.0383. The number of morpholine rings is 1. The largest absolute Gasteiger partial charge is 0.486 e. The van der Waals surface area contributed by atoms with Crippen LogP contribution < -0.4 is 14.8 Å². The Labute approximate surface area is 124 Å². The zero-order chi connectivity index (χ0) is 14.5. The minimum absolute atomic E-state index is 0.120. The highest BCUT2D eigenvalue weighted by atomic mass is 16.6. The van der Waals surface area contributed by atoms with Gasteiger partial charge < -0.3 is 19.5 Å². The third-order valence-corrected chi connectivity index (χ3v) is 3.63. The lowest BCUT2D eigenvalue weighted by Crippen LogP contribution is -2.41. The van der Waals surface area contributed by atoms with E-state index in [0.717, 1.165) is 32.8 Å². The van der Waals surface area contributed by atoms with Gasteiger partial charge in [-0.15, -0.1) is 0 Å². The molecule has 1 aromatic carbocycles. The van der Waals surface area contributed by atoms with Crippen LogP contribution in [0.4, 0.5) is 0 Å². The van der Waals surface area contributed by atoms with Crippen molar-refractivity contribution in [1.29, 1.82) is 0 Å². The summed E-state index contributed by atoms with van der Waals surface area (Å²) in [5.74, 6) is 1.07. The average molecular weight is 292 g/mol. The topological polar surface area (TPSA) is 60.0 Å². The van der Waals surface area contributed by atoms with Crippen LogP contribution >= 0.6 is 0 Å². The molecule has 0 spiro atoms. The van der Waals surface area contributed by atoms with Crippen molar-refractivity contribution in [2.45, 2.75) is 0 Å². The number of nitrogens with one attached hydrogen (secondary N) is 1. The van der Waals surface area contributed by atoms with Gasteiger partial charge in [-0.05, 0) is 12.1 Å². The zero-order valence-electron chi connectivity index (χ0n) is 12.0. The van der Waals surface area contributed by atoms with Crippen LogP contribution in [0.3, 0.4) is 0 Å². The Morgan fingerprint density at radius 2 is 1.95 bits per heavy atom. The lowest BCUT2D eigenvalue weighted by Gasteiger charge is -2.26. The van der Waals surface area contributed by atoms with Gasteiger partial charge in [0.1, 0.15) is 13.2 Å². The Balaban J connectivity index is 1.55. The smallest absolute Gasteiger partial charge is 0.255 e. The number of amides is 1. The van der Waals surface area contributed by atoms with E-state index < -0.39 is 0 Å². The van der Waals surface area contributed by atoms with Crippen LogP contribution in [0.5, 0.6) is 11.5 Å². The van der Waals surface area contributed by atoms with Gasteiger partial charge in [0.15, 0.2) is 11.5 Å². The van der Waals surface area contributed by atoms with Crippen molar-refractivity contribution in [2.75, 3.05) is 52.6 Å². The number of rotatable bonds is 4. The molecule has 3 rings (SSSR count). The average Bonchev–Trinajstić information content (AvgIpc) is 2.55. The second-order valence-corrected chi connectivity index (χ2v) is 5.04. The van der Waals surface area contributed by atoms with Crippen molar-refractivity contribution >= 4 is 5.91 Å². The van der Waals surface area contributed by atoms with Crippen molar-refractivity contribution in [3.63, 3.8) is 0 Å². The Bertz CT molecular complexity index is 500. The Morgan fingerprint density at radius 3 is 2.81 bits per heavy atom. The van der Waals surface area contributed by atoms with E-state index in [4.69, 9.17) is 14.2 Å². The number of para-hydroxylation sites is 1. The number of hydrogen-bond donors (Lipinski definition) is 1. The summed E-state index contributed by atoms with van der Waals surface area (Å²) >= 11 is 0. The Morgan fingerprint density at radius 1 is 1.14 bits per heavy atom. The minimum atomic E-state index is -0.120. The maximum Gasteiger partial charge on any atom is 0.255 e. The van der Waals surface area contributed by atoms with E-state index in [2.05, 4.69) is 10.2 Å². The molecule has 6 heteroatoms. The van der Waals surface area contributed by atoms with Gasteiger partial charge in [0.05, 0.1) is 18.8 Å². The summed E-state index contributed by atoms with van der Waals surface area (Å²) in [6, 6.07) is 5.39. The molecule has 2 aliphatic rings. The molecule has 1 N–H and O–H groups in total. The number of nitrogens with zero attached hydrogens (tertiary/aromatic N) is 1. The van der Waals surface area contributed by atoms with E-state index in [1.165, 1.54) is 0 Å². The Hall–Kier alpha value is -1.79. The van der Waals surface area contributed by atoms with Crippen molar-refractivity contribution in [3.05, 3.63) is 23.8 Å². The highest BCUT2D eigenvalue weighted by Crippen LogP contribution is 2.33. The van der Waals surface area contributed by atoms with Gasteiger partial charge in [-0.1, -0.05) is 6.07 Å². The van der Waals surface area contributed by atoms with Crippen LogP contribution in [0.2, 0.25) is 0 Å². The number of benzene rings is 1. The van der Waals surface area contributed by atoms with Gasteiger partial charge in [-0.25, -0.2) is 0 Å². The summed E-state index contributed by atoms with van der Waals surface area (Å²) in [5.41, 5.74) is 0.536. The fraction of sp³-hybridized carbons (Fsp3) is 0.533. The molecule has 0 unspecified atom stereocenters. The first-order valence-electron chi connectivity index (χ1n) is 7.31. The first-order chi connectivity index (χ1) is 10.3. The Kier molecular flexibility index (Phi) is 4.57. The standard InChI is InChI=1S/C15H20N2O4/c18-15(16-4-5-17-6-8-19-9-7-17)12-2-1-3-13-14(12)21-11-10-20-13/h1-3H,4-11H2,(H,16,18). The molecular weight excluding hydrogens is 272 g/mol. The number of hydrogen-bond acceptors (Lipinski definition) is 5. The molecule has 0 radical (unpaired) electrons. The summed E-state index contributed by atoms with van der Waals surface area (Å²) in [6.45, 7) is 5.84. The molecule has 0 aliphatic carbocycles. The van der Waals surface area contributed by atoms with Gasteiger partial charge in [0.2, 0.25) is 0 Å². The van der Waals surface area contributed by atoms with E-state index >= 15 is 0 Å². The molecule has 1 saturated heterocycles. The first kappa shape index (κ1) is 14.2. The molecule has 0 bridgehead atoms. The molecule has 1 aromatic rings. The second kappa shape index (κ2) is 6.78.